The minimum absolute atomic E-state index is 0.0260. The molecule has 100 valence electrons. The molecule has 1 aromatic carbocycles. The van der Waals surface area contributed by atoms with E-state index in [-0.39, 0.29) is 4.90 Å². The third kappa shape index (κ3) is 3.51. The number of sulfonamides is 1. The van der Waals surface area contributed by atoms with E-state index in [2.05, 4.69) is 10.0 Å². The second kappa shape index (κ2) is 5.77. The molecule has 4 nitrogen and oxygen atoms in total. The van der Waals surface area contributed by atoms with E-state index in [9.17, 15) is 12.8 Å². The van der Waals surface area contributed by atoms with E-state index in [1.807, 2.05) is 0 Å². The lowest BCUT2D eigenvalue weighted by atomic mass is 10.2. The average molecular weight is 272 g/mol. The first-order valence-corrected chi connectivity index (χ1v) is 7.55. The number of hydrogen-bond acceptors (Lipinski definition) is 3. The number of halogens is 1. The van der Waals surface area contributed by atoms with Crippen LogP contribution >= 0.6 is 0 Å². The third-order valence-corrected chi connectivity index (χ3v) is 4.51. The quantitative estimate of drug-likeness (QED) is 0.848. The van der Waals surface area contributed by atoms with Crippen LogP contribution in [-0.4, -0.2) is 27.5 Å². The fraction of sp³-hybridized carbons (Fsp3) is 0.500. The molecule has 0 aliphatic carbocycles. The molecule has 0 saturated carbocycles. The summed E-state index contributed by atoms with van der Waals surface area (Å²) in [6.07, 6.45) is 2.98. The summed E-state index contributed by atoms with van der Waals surface area (Å²) in [4.78, 5) is -0.0260. The number of benzene rings is 1. The van der Waals surface area contributed by atoms with Gasteiger partial charge in [-0.25, -0.2) is 17.5 Å². The van der Waals surface area contributed by atoms with Crippen molar-refractivity contribution in [2.45, 2.75) is 30.2 Å². The summed E-state index contributed by atoms with van der Waals surface area (Å²) in [6.45, 7) is 1.37. The summed E-state index contributed by atoms with van der Waals surface area (Å²) >= 11 is 0. The van der Waals surface area contributed by atoms with Gasteiger partial charge >= 0.3 is 0 Å². The Morgan fingerprint density at radius 1 is 1.44 bits per heavy atom. The Hall–Kier alpha value is -0.980. The van der Waals surface area contributed by atoms with Crippen LogP contribution in [0.3, 0.4) is 0 Å². The topological polar surface area (TPSA) is 58.2 Å². The van der Waals surface area contributed by atoms with Gasteiger partial charge in [0.2, 0.25) is 10.0 Å². The van der Waals surface area contributed by atoms with Crippen molar-refractivity contribution in [2.75, 3.05) is 13.1 Å². The molecule has 0 bridgehead atoms. The molecule has 0 unspecified atom stereocenters. The predicted molar refractivity (Wildman–Crippen MR) is 67.2 cm³/mol. The molecule has 18 heavy (non-hydrogen) atoms. The van der Waals surface area contributed by atoms with Crippen LogP contribution in [0.5, 0.6) is 0 Å². The zero-order chi connectivity index (χ0) is 13.0. The minimum Gasteiger partial charge on any atom is -0.314 e. The summed E-state index contributed by atoms with van der Waals surface area (Å²) in [5, 5.41) is 3.30. The Bertz CT molecular complexity index is 499. The molecule has 2 rings (SSSR count). The van der Waals surface area contributed by atoms with Crippen LogP contribution in [0.1, 0.15) is 19.3 Å². The highest BCUT2D eigenvalue weighted by molar-refractivity contribution is 7.89. The van der Waals surface area contributed by atoms with Gasteiger partial charge in [-0.3, -0.25) is 0 Å². The van der Waals surface area contributed by atoms with Crippen LogP contribution in [0, 0.1) is 5.82 Å². The van der Waals surface area contributed by atoms with Gasteiger partial charge in [0.25, 0.3) is 0 Å². The van der Waals surface area contributed by atoms with Gasteiger partial charge in [-0.15, -0.1) is 0 Å². The predicted octanol–water partition coefficient (Wildman–Crippen LogP) is 1.25. The SMILES string of the molecule is O=S(=O)(NCC[C@H]1CCCN1)c1cccc(F)c1. The lowest BCUT2D eigenvalue weighted by Gasteiger charge is -2.11. The van der Waals surface area contributed by atoms with E-state index in [0.29, 0.717) is 12.6 Å². The van der Waals surface area contributed by atoms with Crippen molar-refractivity contribution in [1.29, 1.82) is 0 Å². The zero-order valence-corrected chi connectivity index (χ0v) is 10.8. The Labute approximate surface area is 107 Å². The van der Waals surface area contributed by atoms with Crippen LogP contribution in [-0.2, 0) is 10.0 Å². The largest absolute Gasteiger partial charge is 0.314 e. The average Bonchev–Trinajstić information content (AvgIpc) is 2.82. The fourth-order valence-electron chi connectivity index (χ4n) is 2.09. The minimum atomic E-state index is -3.59. The van der Waals surface area contributed by atoms with E-state index < -0.39 is 15.8 Å². The molecule has 6 heteroatoms. The summed E-state index contributed by atoms with van der Waals surface area (Å²) in [6, 6.07) is 5.42. The summed E-state index contributed by atoms with van der Waals surface area (Å²) < 4.78 is 39.2. The van der Waals surface area contributed by atoms with Crippen molar-refractivity contribution in [1.82, 2.24) is 10.0 Å². The highest BCUT2D eigenvalue weighted by Gasteiger charge is 2.17. The standard InChI is InChI=1S/C12H17FN2O2S/c13-10-3-1-5-12(9-10)18(16,17)15-8-6-11-4-2-7-14-11/h1,3,5,9,11,14-15H,2,4,6-8H2/t11-/m1/s1. The van der Waals surface area contributed by atoms with E-state index in [1.165, 1.54) is 18.2 Å². The molecule has 1 aliphatic heterocycles. The Morgan fingerprint density at radius 2 is 2.28 bits per heavy atom. The van der Waals surface area contributed by atoms with Gasteiger partial charge in [0.05, 0.1) is 4.90 Å². The summed E-state index contributed by atoms with van der Waals surface area (Å²) in [5.41, 5.74) is 0. The number of hydrogen-bond donors (Lipinski definition) is 2. The maximum absolute atomic E-state index is 13.0. The fourth-order valence-corrected chi connectivity index (χ4v) is 3.17. The van der Waals surface area contributed by atoms with Crippen LogP contribution in [0.25, 0.3) is 0 Å². The highest BCUT2D eigenvalue weighted by atomic mass is 32.2. The first-order chi connectivity index (χ1) is 8.58. The molecule has 1 aromatic rings. The first kappa shape index (κ1) is 13.5. The van der Waals surface area contributed by atoms with E-state index in [0.717, 1.165) is 31.9 Å². The van der Waals surface area contributed by atoms with Crippen LogP contribution in [0.4, 0.5) is 4.39 Å². The van der Waals surface area contributed by atoms with Crippen LogP contribution < -0.4 is 10.0 Å². The Balaban J connectivity index is 1.90. The van der Waals surface area contributed by atoms with Crippen LogP contribution in [0.2, 0.25) is 0 Å². The lowest BCUT2D eigenvalue weighted by Crippen LogP contribution is -2.30. The van der Waals surface area contributed by atoms with Crippen molar-refractivity contribution in [2.24, 2.45) is 0 Å². The summed E-state index contributed by atoms with van der Waals surface area (Å²) in [5.74, 6) is -0.546. The second-order valence-corrected chi connectivity index (χ2v) is 6.20. The molecule has 1 atom stereocenters. The van der Waals surface area contributed by atoms with Crippen LogP contribution in [0.15, 0.2) is 29.2 Å². The zero-order valence-electron chi connectivity index (χ0n) is 10.0. The third-order valence-electron chi connectivity index (χ3n) is 3.05. The number of nitrogens with one attached hydrogen (secondary N) is 2. The van der Waals surface area contributed by atoms with E-state index in [1.54, 1.807) is 0 Å². The van der Waals surface area contributed by atoms with Gasteiger partial charge in [-0.1, -0.05) is 6.07 Å². The monoisotopic (exact) mass is 272 g/mol. The molecule has 0 amide bonds. The molecule has 1 aliphatic rings. The van der Waals surface area contributed by atoms with Gasteiger partial charge in [0.15, 0.2) is 0 Å². The molecule has 0 aromatic heterocycles. The molecule has 1 fully saturated rings. The van der Waals surface area contributed by atoms with Gasteiger partial charge in [-0.05, 0) is 44.0 Å². The van der Waals surface area contributed by atoms with E-state index >= 15 is 0 Å². The lowest BCUT2D eigenvalue weighted by molar-refractivity contribution is 0.538. The smallest absolute Gasteiger partial charge is 0.240 e. The van der Waals surface area contributed by atoms with Gasteiger partial charge < -0.3 is 5.32 Å². The Kier molecular flexibility index (Phi) is 4.31. The van der Waals surface area contributed by atoms with Crippen molar-refractivity contribution >= 4 is 10.0 Å². The maximum atomic E-state index is 13.0. The van der Waals surface area contributed by atoms with Crippen molar-refractivity contribution in [3.8, 4) is 0 Å². The van der Waals surface area contributed by atoms with Crippen molar-refractivity contribution in [3.05, 3.63) is 30.1 Å². The second-order valence-electron chi connectivity index (χ2n) is 4.44. The normalized spacial score (nSPS) is 20.2. The molecule has 1 heterocycles. The molecule has 0 radical (unpaired) electrons. The van der Waals surface area contributed by atoms with Gasteiger partial charge in [0, 0.05) is 12.6 Å². The van der Waals surface area contributed by atoms with E-state index in [4.69, 9.17) is 0 Å². The molecule has 0 spiro atoms. The first-order valence-electron chi connectivity index (χ1n) is 6.06. The molecule has 2 N–H and O–H groups in total. The maximum Gasteiger partial charge on any atom is 0.240 e. The molecular weight excluding hydrogens is 255 g/mol. The molecule has 1 saturated heterocycles. The van der Waals surface area contributed by atoms with Gasteiger partial charge in [-0.2, -0.15) is 0 Å². The highest BCUT2D eigenvalue weighted by Crippen LogP contribution is 2.11. The van der Waals surface area contributed by atoms with Gasteiger partial charge in [0.1, 0.15) is 5.82 Å². The Morgan fingerprint density at radius 3 is 2.94 bits per heavy atom. The molecular formula is C12H17FN2O2S. The summed E-state index contributed by atoms with van der Waals surface area (Å²) in [7, 11) is -3.59. The number of rotatable bonds is 5. The van der Waals surface area contributed by atoms with Crippen molar-refractivity contribution < 1.29 is 12.8 Å². The van der Waals surface area contributed by atoms with Crippen molar-refractivity contribution in [3.63, 3.8) is 0 Å².